The summed E-state index contributed by atoms with van der Waals surface area (Å²) in [5, 5.41) is 24.7. The molecule has 4 atom stereocenters. The fourth-order valence-corrected chi connectivity index (χ4v) is 5.28. The van der Waals surface area contributed by atoms with Crippen LogP contribution in [0.5, 0.6) is 28.7 Å². The van der Waals surface area contributed by atoms with Crippen LogP contribution in [0.25, 0.3) is 0 Å². The lowest BCUT2D eigenvalue weighted by atomic mass is 9.64. The number of hydrogen-bond donors (Lipinski definition) is 3. The Hall–Kier alpha value is -3.17. The Balaban J connectivity index is 1.69. The van der Waals surface area contributed by atoms with Gasteiger partial charge in [-0.3, -0.25) is 4.79 Å². The van der Waals surface area contributed by atoms with E-state index in [2.05, 4.69) is 5.32 Å². The van der Waals surface area contributed by atoms with Crippen LogP contribution >= 0.6 is 0 Å². The van der Waals surface area contributed by atoms with E-state index in [0.29, 0.717) is 46.8 Å². The van der Waals surface area contributed by atoms with Crippen molar-refractivity contribution in [2.75, 3.05) is 41.3 Å². The summed E-state index contributed by atoms with van der Waals surface area (Å²) in [6.45, 7) is 0.301. The van der Waals surface area contributed by atoms with Crippen molar-refractivity contribution in [3.05, 3.63) is 41.0 Å². The first-order valence-corrected chi connectivity index (χ1v) is 11.8. The molecule has 2 aromatic carbocycles. The second kappa shape index (κ2) is 9.47. The molecule has 2 aliphatic carbocycles. The molecule has 3 N–H and O–H groups in total. The summed E-state index contributed by atoms with van der Waals surface area (Å²) >= 11 is 0. The first-order valence-electron chi connectivity index (χ1n) is 11.8. The van der Waals surface area contributed by atoms with Gasteiger partial charge in [-0.05, 0) is 59.7 Å². The number of amides is 1. The van der Waals surface area contributed by atoms with Gasteiger partial charge in [-0.1, -0.05) is 0 Å². The summed E-state index contributed by atoms with van der Waals surface area (Å²) in [5.74, 6) is 0.698. The molecule has 3 aliphatic rings. The number of rotatable bonds is 8. The van der Waals surface area contributed by atoms with Gasteiger partial charge in [0.15, 0.2) is 23.0 Å². The first kappa shape index (κ1) is 23.6. The Morgan fingerprint density at radius 1 is 1.00 bits per heavy atom. The number of ether oxygens (including phenoxy) is 5. The van der Waals surface area contributed by atoms with Crippen LogP contribution in [-0.4, -0.2) is 57.4 Å². The van der Waals surface area contributed by atoms with Crippen LogP contribution < -0.4 is 29.0 Å². The molecule has 0 aromatic heterocycles. The molecule has 9 nitrogen and oxygen atoms in total. The second-order valence-corrected chi connectivity index (χ2v) is 9.28. The largest absolute Gasteiger partial charge is 0.493 e. The van der Waals surface area contributed by atoms with Gasteiger partial charge in [0.25, 0.3) is 0 Å². The number of benzene rings is 2. The number of carbonyl (C=O) groups is 1. The van der Waals surface area contributed by atoms with Crippen LogP contribution in [0.2, 0.25) is 0 Å². The fraction of sp³-hybridized carbons (Fsp3) is 0.500. The minimum atomic E-state index is -1.06. The van der Waals surface area contributed by atoms with Crippen LogP contribution in [0.1, 0.15) is 41.6 Å². The average Bonchev–Trinajstić information content (AvgIpc) is 3.60. The molecule has 1 aliphatic heterocycles. The maximum Gasteiger partial charge on any atom is 0.231 e. The van der Waals surface area contributed by atoms with Crippen molar-refractivity contribution in [2.24, 2.45) is 17.8 Å². The highest BCUT2D eigenvalue weighted by atomic mass is 16.7. The highest BCUT2D eigenvalue weighted by Gasteiger charge is 2.47. The summed E-state index contributed by atoms with van der Waals surface area (Å²) in [4.78, 5) is 13.6. The third-order valence-electron chi connectivity index (χ3n) is 7.28. The third-order valence-corrected chi connectivity index (χ3v) is 7.28. The van der Waals surface area contributed by atoms with Gasteiger partial charge in [0.1, 0.15) is 0 Å². The summed E-state index contributed by atoms with van der Waals surface area (Å²) in [6, 6.07) is 7.19. The fourth-order valence-electron chi connectivity index (χ4n) is 5.28. The van der Waals surface area contributed by atoms with E-state index in [-0.39, 0.29) is 19.3 Å². The quantitative estimate of drug-likeness (QED) is 0.522. The molecule has 0 unspecified atom stereocenters. The molecule has 9 heteroatoms. The first-order chi connectivity index (χ1) is 17.0. The zero-order valence-corrected chi connectivity index (χ0v) is 20.1. The summed E-state index contributed by atoms with van der Waals surface area (Å²) in [6.07, 6.45) is 1.14. The van der Waals surface area contributed by atoms with Crippen molar-refractivity contribution in [3.63, 3.8) is 0 Å². The summed E-state index contributed by atoms with van der Waals surface area (Å²) in [7, 11) is 4.60. The lowest BCUT2D eigenvalue weighted by Crippen LogP contribution is -2.45. The molecule has 1 amide bonds. The molecular weight excluding hydrogens is 454 g/mol. The van der Waals surface area contributed by atoms with Crippen molar-refractivity contribution in [3.8, 4) is 28.7 Å². The Morgan fingerprint density at radius 3 is 2.17 bits per heavy atom. The van der Waals surface area contributed by atoms with Crippen LogP contribution in [0, 0.1) is 17.8 Å². The van der Waals surface area contributed by atoms with Gasteiger partial charge in [0, 0.05) is 25.0 Å². The molecule has 1 saturated carbocycles. The minimum Gasteiger partial charge on any atom is -0.493 e. The average molecular weight is 486 g/mol. The highest BCUT2D eigenvalue weighted by Crippen LogP contribution is 2.53. The van der Waals surface area contributed by atoms with Crippen molar-refractivity contribution in [1.29, 1.82) is 0 Å². The summed E-state index contributed by atoms with van der Waals surface area (Å²) < 4.78 is 27.8. The van der Waals surface area contributed by atoms with E-state index in [1.165, 1.54) is 21.3 Å². The minimum absolute atomic E-state index is 0.0813. The standard InChI is InChI=1S/C26H31NO8/c1-31-20-6-14(7-21(32-2)25(20)33-3)22-15-8-18-19(35-12-34-18)9-16(15)24(29)17(11-28)23(22)26(30)27-10-13-4-5-13/h6-9,13,17,22-24,28-29H,4-5,10-12H2,1-3H3,(H,27,30)/t17-,22+,23-,24-/m0/s1. The molecule has 2 aromatic rings. The van der Waals surface area contributed by atoms with Crippen molar-refractivity contribution < 1.29 is 38.7 Å². The molecule has 5 rings (SSSR count). The van der Waals surface area contributed by atoms with Gasteiger partial charge in [-0.15, -0.1) is 0 Å². The van der Waals surface area contributed by atoms with E-state index in [1.807, 2.05) is 18.2 Å². The number of carbonyl (C=O) groups excluding carboxylic acids is 1. The topological polar surface area (TPSA) is 116 Å². The Bertz CT molecular complexity index is 1090. The monoisotopic (exact) mass is 485 g/mol. The number of aliphatic hydroxyl groups excluding tert-OH is 2. The normalized spacial score (nSPS) is 24.5. The van der Waals surface area contributed by atoms with E-state index in [9.17, 15) is 15.0 Å². The molecule has 0 spiro atoms. The van der Waals surface area contributed by atoms with E-state index in [0.717, 1.165) is 24.0 Å². The maximum absolute atomic E-state index is 13.6. The molecular formula is C26H31NO8. The number of methoxy groups -OCH3 is 3. The van der Waals surface area contributed by atoms with Crippen molar-refractivity contribution in [2.45, 2.75) is 24.9 Å². The van der Waals surface area contributed by atoms with E-state index >= 15 is 0 Å². The molecule has 0 bridgehead atoms. The third kappa shape index (κ3) is 4.12. The van der Waals surface area contributed by atoms with Gasteiger partial charge in [0.05, 0.1) is 33.4 Å². The highest BCUT2D eigenvalue weighted by molar-refractivity contribution is 5.82. The Morgan fingerprint density at radius 2 is 1.63 bits per heavy atom. The van der Waals surface area contributed by atoms with E-state index in [4.69, 9.17) is 23.7 Å². The van der Waals surface area contributed by atoms with Gasteiger partial charge in [-0.2, -0.15) is 0 Å². The number of aliphatic hydroxyl groups is 2. The molecule has 0 saturated heterocycles. The van der Waals surface area contributed by atoms with Crippen LogP contribution in [-0.2, 0) is 4.79 Å². The molecule has 188 valence electrons. The number of fused-ring (bicyclic) bond motifs is 2. The van der Waals surface area contributed by atoms with Crippen molar-refractivity contribution >= 4 is 5.91 Å². The van der Waals surface area contributed by atoms with Crippen LogP contribution in [0.15, 0.2) is 24.3 Å². The smallest absolute Gasteiger partial charge is 0.231 e. The lowest BCUT2D eigenvalue weighted by Gasteiger charge is -2.41. The second-order valence-electron chi connectivity index (χ2n) is 9.28. The SMILES string of the molecule is COc1cc([C@@H]2c3cc4c(cc3[C@H](O)[C@@H](CO)[C@@H]2C(=O)NCC2CC2)OCO4)cc(OC)c1OC. The van der Waals surface area contributed by atoms with Crippen LogP contribution in [0.4, 0.5) is 0 Å². The van der Waals surface area contributed by atoms with Gasteiger partial charge in [-0.25, -0.2) is 0 Å². The Labute approximate surface area is 203 Å². The van der Waals surface area contributed by atoms with E-state index < -0.39 is 23.9 Å². The Kier molecular flexibility index (Phi) is 6.37. The maximum atomic E-state index is 13.6. The molecule has 1 fully saturated rings. The number of nitrogens with one attached hydrogen (secondary N) is 1. The van der Waals surface area contributed by atoms with Crippen molar-refractivity contribution in [1.82, 2.24) is 5.32 Å². The van der Waals surface area contributed by atoms with E-state index in [1.54, 1.807) is 6.07 Å². The number of hydrogen-bond acceptors (Lipinski definition) is 8. The molecule has 1 heterocycles. The molecule has 0 radical (unpaired) electrons. The van der Waals surface area contributed by atoms with Crippen LogP contribution in [0.3, 0.4) is 0 Å². The predicted octanol–water partition coefficient (Wildman–Crippen LogP) is 2.37. The molecule has 35 heavy (non-hydrogen) atoms. The lowest BCUT2D eigenvalue weighted by molar-refractivity contribution is -0.131. The van der Waals surface area contributed by atoms with Gasteiger partial charge < -0.3 is 39.2 Å². The summed E-state index contributed by atoms with van der Waals surface area (Å²) in [5.41, 5.74) is 2.06. The zero-order valence-electron chi connectivity index (χ0n) is 20.1. The van der Waals surface area contributed by atoms with Gasteiger partial charge in [0.2, 0.25) is 18.4 Å². The zero-order chi connectivity index (χ0) is 24.7. The predicted molar refractivity (Wildman–Crippen MR) is 125 cm³/mol. The van der Waals surface area contributed by atoms with Gasteiger partial charge >= 0.3 is 0 Å².